The van der Waals surface area contributed by atoms with Crippen LogP contribution >= 0.6 is 0 Å². The highest BCUT2D eigenvalue weighted by Gasteiger charge is 2.02. The number of hydrogen-bond acceptors (Lipinski definition) is 1. The van der Waals surface area contributed by atoms with Gasteiger partial charge in [0, 0.05) is 11.7 Å². The van der Waals surface area contributed by atoms with Crippen LogP contribution in [0.1, 0.15) is 19.4 Å². The number of carbonyl (C=O) groups excluding carboxylic acids is 1. The predicted octanol–water partition coefficient (Wildman–Crippen LogP) is 2.19. The lowest BCUT2D eigenvalue weighted by atomic mass is 10.1. The third-order valence-corrected chi connectivity index (χ3v) is 2.02. The molecule has 1 aromatic rings. The van der Waals surface area contributed by atoms with Gasteiger partial charge in [0.25, 0.3) is 0 Å². The molecule has 0 aliphatic heterocycles. The van der Waals surface area contributed by atoms with Gasteiger partial charge in [-0.2, -0.15) is 0 Å². The molecule has 0 spiro atoms. The Balaban J connectivity index is 2.51. The first-order valence-corrected chi connectivity index (χ1v) is 5.36. The molecule has 1 rings (SSSR count). The van der Waals surface area contributed by atoms with Crippen molar-refractivity contribution in [1.82, 2.24) is 5.32 Å². The smallest absolute Gasteiger partial charge is 0.319 e. The minimum Gasteiger partial charge on any atom is -0.336 e. The molecule has 87 valence electrons. The average molecular weight is 221 g/mol. The van der Waals surface area contributed by atoms with Crippen LogP contribution in [0.5, 0.6) is 0 Å². The van der Waals surface area contributed by atoms with Crippen molar-refractivity contribution < 1.29 is 9.90 Å². The van der Waals surface area contributed by atoms with Gasteiger partial charge in [-0.15, -0.1) is 0 Å². The highest BCUT2D eigenvalue weighted by molar-refractivity contribution is 5.89. The summed E-state index contributed by atoms with van der Waals surface area (Å²) < 4.78 is 0. The van der Waals surface area contributed by atoms with E-state index in [2.05, 4.69) is 10.6 Å². The number of benzene rings is 1. The highest BCUT2D eigenvalue weighted by Crippen LogP contribution is 2.09. The van der Waals surface area contributed by atoms with Gasteiger partial charge >= 0.3 is 6.03 Å². The summed E-state index contributed by atoms with van der Waals surface area (Å²) >= 11 is 0. The highest BCUT2D eigenvalue weighted by atomic mass is 16.3. The summed E-state index contributed by atoms with van der Waals surface area (Å²) in [6, 6.07) is 7.19. The molecule has 4 heteroatoms. The second-order valence-electron chi connectivity index (χ2n) is 3.90. The number of nitrogens with one attached hydrogen (secondary N) is 2. The molecule has 0 heterocycles. The number of amides is 2. The van der Waals surface area contributed by atoms with E-state index in [0.29, 0.717) is 6.42 Å². The molecule has 0 fully saturated rings. The SMILES string of the molecule is CC(C)NC(=O)Nc1ccc(CC[O])cc1. The zero-order valence-corrected chi connectivity index (χ0v) is 9.62. The van der Waals surface area contributed by atoms with Crippen LogP contribution in [0.3, 0.4) is 0 Å². The van der Waals surface area contributed by atoms with Gasteiger partial charge in [-0.25, -0.2) is 9.90 Å². The van der Waals surface area contributed by atoms with Crippen molar-refractivity contribution in [3.05, 3.63) is 29.8 Å². The van der Waals surface area contributed by atoms with Gasteiger partial charge in [0.05, 0.1) is 6.61 Å². The van der Waals surface area contributed by atoms with Crippen LogP contribution in [0.4, 0.5) is 10.5 Å². The molecule has 0 saturated carbocycles. The molecule has 0 saturated heterocycles. The van der Waals surface area contributed by atoms with E-state index in [9.17, 15) is 9.90 Å². The van der Waals surface area contributed by atoms with Gasteiger partial charge in [0.15, 0.2) is 0 Å². The quantitative estimate of drug-likeness (QED) is 0.804. The summed E-state index contributed by atoms with van der Waals surface area (Å²) in [5, 5.41) is 15.8. The molecule has 0 aliphatic rings. The third kappa shape index (κ3) is 4.31. The van der Waals surface area contributed by atoms with Crippen molar-refractivity contribution in [2.75, 3.05) is 11.9 Å². The lowest BCUT2D eigenvalue weighted by molar-refractivity contribution is 0.197. The summed E-state index contributed by atoms with van der Waals surface area (Å²) in [7, 11) is 0. The maximum Gasteiger partial charge on any atom is 0.319 e. The van der Waals surface area contributed by atoms with Crippen LogP contribution in [-0.4, -0.2) is 18.7 Å². The zero-order chi connectivity index (χ0) is 12.0. The summed E-state index contributed by atoms with van der Waals surface area (Å²) in [6.45, 7) is 3.69. The largest absolute Gasteiger partial charge is 0.336 e. The summed E-state index contributed by atoms with van der Waals surface area (Å²) in [6.07, 6.45) is 0.526. The molecule has 2 amide bonds. The topological polar surface area (TPSA) is 61.0 Å². The van der Waals surface area contributed by atoms with Gasteiger partial charge < -0.3 is 10.6 Å². The van der Waals surface area contributed by atoms with Crippen LogP contribution in [0.2, 0.25) is 0 Å². The fourth-order valence-corrected chi connectivity index (χ4v) is 1.30. The molecule has 1 radical (unpaired) electrons. The first kappa shape index (κ1) is 12.5. The van der Waals surface area contributed by atoms with E-state index < -0.39 is 0 Å². The van der Waals surface area contributed by atoms with Crippen LogP contribution in [0.25, 0.3) is 0 Å². The monoisotopic (exact) mass is 221 g/mol. The molecule has 0 aliphatic carbocycles. The van der Waals surface area contributed by atoms with E-state index in [-0.39, 0.29) is 18.7 Å². The molecule has 0 aromatic heterocycles. The number of rotatable bonds is 4. The number of hydrogen-bond donors (Lipinski definition) is 2. The van der Waals surface area contributed by atoms with E-state index in [1.807, 2.05) is 26.0 Å². The van der Waals surface area contributed by atoms with E-state index in [4.69, 9.17) is 0 Å². The third-order valence-electron chi connectivity index (χ3n) is 2.02. The fourth-order valence-electron chi connectivity index (χ4n) is 1.30. The van der Waals surface area contributed by atoms with Crippen molar-refractivity contribution in [2.24, 2.45) is 0 Å². The second-order valence-corrected chi connectivity index (χ2v) is 3.90. The van der Waals surface area contributed by atoms with Gasteiger partial charge in [0.2, 0.25) is 0 Å². The molecule has 4 nitrogen and oxygen atoms in total. The van der Waals surface area contributed by atoms with Crippen molar-refractivity contribution in [3.63, 3.8) is 0 Å². The minimum absolute atomic E-state index is 0.111. The Morgan fingerprint density at radius 3 is 2.38 bits per heavy atom. The Kier molecular flexibility index (Phi) is 4.79. The van der Waals surface area contributed by atoms with Crippen LogP contribution in [0.15, 0.2) is 24.3 Å². The summed E-state index contributed by atoms with van der Waals surface area (Å²) in [5.74, 6) is 0. The Hall–Kier alpha value is -1.55. The first-order chi connectivity index (χ1) is 7.61. The van der Waals surface area contributed by atoms with Gasteiger partial charge in [-0.05, 0) is 38.0 Å². The first-order valence-electron chi connectivity index (χ1n) is 5.36. The molecule has 2 N–H and O–H groups in total. The molecule has 0 unspecified atom stereocenters. The molecule has 16 heavy (non-hydrogen) atoms. The molecule has 1 aromatic carbocycles. The van der Waals surface area contributed by atoms with Crippen molar-refractivity contribution in [2.45, 2.75) is 26.3 Å². The van der Waals surface area contributed by atoms with E-state index in [0.717, 1.165) is 11.3 Å². The lowest BCUT2D eigenvalue weighted by Gasteiger charge is -2.10. The summed E-state index contributed by atoms with van der Waals surface area (Å²) in [5.41, 5.74) is 1.72. The van der Waals surface area contributed by atoms with Gasteiger partial charge in [-0.1, -0.05) is 12.1 Å². The van der Waals surface area contributed by atoms with Gasteiger partial charge in [0.1, 0.15) is 0 Å². The fraction of sp³-hybridized carbons (Fsp3) is 0.417. The molecular formula is C12H17N2O2. The van der Waals surface area contributed by atoms with Crippen LogP contribution in [-0.2, 0) is 11.5 Å². The maximum atomic E-state index is 11.4. The molecule has 0 atom stereocenters. The Morgan fingerprint density at radius 1 is 1.25 bits per heavy atom. The van der Waals surface area contributed by atoms with Crippen molar-refractivity contribution in [1.29, 1.82) is 0 Å². The van der Waals surface area contributed by atoms with Crippen LogP contribution in [0, 0.1) is 0 Å². The Bertz CT molecular complexity index is 333. The van der Waals surface area contributed by atoms with Gasteiger partial charge in [-0.3, -0.25) is 0 Å². The van der Waals surface area contributed by atoms with Crippen LogP contribution < -0.4 is 10.6 Å². The Morgan fingerprint density at radius 2 is 1.88 bits per heavy atom. The van der Waals surface area contributed by atoms with E-state index in [1.54, 1.807) is 12.1 Å². The number of anilines is 1. The minimum atomic E-state index is -0.216. The number of urea groups is 1. The van der Waals surface area contributed by atoms with E-state index in [1.165, 1.54) is 0 Å². The maximum absolute atomic E-state index is 11.4. The lowest BCUT2D eigenvalue weighted by Crippen LogP contribution is -2.34. The van der Waals surface area contributed by atoms with E-state index >= 15 is 0 Å². The van der Waals surface area contributed by atoms with Crippen molar-refractivity contribution in [3.8, 4) is 0 Å². The standard InChI is InChI=1S/C12H17N2O2/c1-9(2)13-12(16)14-11-5-3-10(4-6-11)7-8-15/h3-6,9H,7-8H2,1-2H3,(H2,13,14,16). The average Bonchev–Trinajstić information content (AvgIpc) is 2.20. The normalized spacial score (nSPS) is 10.2. The number of carbonyl (C=O) groups is 1. The molecule has 0 bridgehead atoms. The zero-order valence-electron chi connectivity index (χ0n) is 9.62. The second kappa shape index (κ2) is 6.12. The summed E-state index contributed by atoms with van der Waals surface area (Å²) in [4.78, 5) is 11.4. The Labute approximate surface area is 95.7 Å². The predicted molar refractivity (Wildman–Crippen MR) is 63.0 cm³/mol. The van der Waals surface area contributed by atoms with Crippen molar-refractivity contribution >= 4 is 11.7 Å². The molecular weight excluding hydrogens is 204 g/mol.